The summed E-state index contributed by atoms with van der Waals surface area (Å²) in [6.07, 6.45) is 1.08. The van der Waals surface area contributed by atoms with E-state index in [0.717, 1.165) is 26.1 Å². The van der Waals surface area contributed by atoms with Crippen LogP contribution in [0.4, 0.5) is 0 Å². The Balaban J connectivity index is 2.16. The molecule has 0 unspecified atom stereocenters. The second-order valence-corrected chi connectivity index (χ2v) is 3.86. The molecule has 15 heavy (non-hydrogen) atoms. The summed E-state index contributed by atoms with van der Waals surface area (Å²) in [4.78, 5) is 0. The number of hydrogen-bond acceptors (Lipinski definition) is 2. The minimum Gasteiger partial charge on any atom is -0.385 e. The molecule has 0 saturated carbocycles. The number of hydrogen-bond donors (Lipinski definition) is 1. The maximum absolute atomic E-state index is 4.99. The van der Waals surface area contributed by atoms with Gasteiger partial charge in [-0.2, -0.15) is 0 Å². The van der Waals surface area contributed by atoms with Crippen molar-refractivity contribution in [3.8, 4) is 0 Å². The van der Waals surface area contributed by atoms with Crippen molar-refractivity contribution in [1.82, 2.24) is 5.32 Å². The fourth-order valence-electron chi connectivity index (χ4n) is 1.56. The summed E-state index contributed by atoms with van der Waals surface area (Å²) in [5.74, 6) is 0.578. The van der Waals surface area contributed by atoms with E-state index in [9.17, 15) is 0 Å². The van der Waals surface area contributed by atoms with Gasteiger partial charge in [-0.25, -0.2) is 0 Å². The number of benzene rings is 1. The summed E-state index contributed by atoms with van der Waals surface area (Å²) in [7, 11) is 1.74. The Morgan fingerprint density at radius 2 is 2.00 bits per heavy atom. The van der Waals surface area contributed by atoms with Crippen LogP contribution in [0.15, 0.2) is 30.3 Å². The Morgan fingerprint density at radius 1 is 1.27 bits per heavy atom. The maximum Gasteiger partial charge on any atom is 0.0474 e. The van der Waals surface area contributed by atoms with Crippen LogP contribution in [0.25, 0.3) is 0 Å². The van der Waals surface area contributed by atoms with E-state index in [1.807, 2.05) is 0 Å². The molecule has 0 aliphatic carbocycles. The molecule has 84 valence electrons. The Bertz CT molecular complexity index is 248. The molecule has 1 aromatic rings. The molecule has 0 amide bonds. The zero-order valence-electron chi connectivity index (χ0n) is 9.70. The largest absolute Gasteiger partial charge is 0.385 e. The van der Waals surface area contributed by atoms with Gasteiger partial charge in [0.05, 0.1) is 0 Å². The molecule has 0 bridgehead atoms. The van der Waals surface area contributed by atoms with Gasteiger partial charge in [-0.15, -0.1) is 0 Å². The first kappa shape index (κ1) is 12.2. The molecule has 0 aliphatic heterocycles. The second kappa shape index (κ2) is 7.43. The van der Waals surface area contributed by atoms with Crippen molar-refractivity contribution in [3.05, 3.63) is 35.9 Å². The SMILES string of the molecule is COCCCNC[C@@H](C)c1ccccc1. The van der Waals surface area contributed by atoms with E-state index >= 15 is 0 Å². The lowest BCUT2D eigenvalue weighted by Crippen LogP contribution is -2.22. The smallest absolute Gasteiger partial charge is 0.0474 e. The van der Waals surface area contributed by atoms with Crippen molar-refractivity contribution in [3.63, 3.8) is 0 Å². The summed E-state index contributed by atoms with van der Waals surface area (Å²) < 4.78 is 4.99. The number of rotatable bonds is 7. The molecule has 0 aromatic heterocycles. The third-order valence-electron chi connectivity index (χ3n) is 2.52. The van der Waals surface area contributed by atoms with Gasteiger partial charge in [0.25, 0.3) is 0 Å². The lowest BCUT2D eigenvalue weighted by Gasteiger charge is -2.12. The first-order valence-electron chi connectivity index (χ1n) is 5.59. The van der Waals surface area contributed by atoms with Crippen molar-refractivity contribution in [1.29, 1.82) is 0 Å². The molecule has 0 fully saturated rings. The molecule has 1 aromatic carbocycles. The van der Waals surface area contributed by atoms with Crippen molar-refractivity contribution < 1.29 is 4.74 Å². The van der Waals surface area contributed by atoms with Crippen LogP contribution in [-0.4, -0.2) is 26.8 Å². The standard InChI is InChI=1S/C13H21NO/c1-12(11-14-9-6-10-15-2)13-7-4-3-5-8-13/h3-5,7-8,12,14H,6,9-11H2,1-2H3/t12-/m1/s1. The van der Waals surface area contributed by atoms with Crippen LogP contribution in [0.3, 0.4) is 0 Å². The summed E-state index contributed by atoms with van der Waals surface area (Å²) >= 11 is 0. The van der Waals surface area contributed by atoms with Crippen LogP contribution in [0.2, 0.25) is 0 Å². The molecule has 2 nitrogen and oxygen atoms in total. The van der Waals surface area contributed by atoms with Crippen molar-refractivity contribution in [2.45, 2.75) is 19.3 Å². The van der Waals surface area contributed by atoms with E-state index in [2.05, 4.69) is 42.6 Å². The van der Waals surface area contributed by atoms with Gasteiger partial charge in [-0.3, -0.25) is 0 Å². The highest BCUT2D eigenvalue weighted by molar-refractivity contribution is 5.18. The molecule has 0 radical (unpaired) electrons. The average molecular weight is 207 g/mol. The topological polar surface area (TPSA) is 21.3 Å². The summed E-state index contributed by atoms with van der Waals surface area (Å²) in [6, 6.07) is 10.6. The van der Waals surface area contributed by atoms with Gasteiger partial charge in [0.15, 0.2) is 0 Å². The van der Waals surface area contributed by atoms with Crippen LogP contribution in [0, 0.1) is 0 Å². The van der Waals surface area contributed by atoms with E-state index < -0.39 is 0 Å². The van der Waals surface area contributed by atoms with Gasteiger partial charge in [-0.05, 0) is 24.4 Å². The molecular formula is C13H21NO. The van der Waals surface area contributed by atoms with Crippen molar-refractivity contribution >= 4 is 0 Å². The molecule has 2 heteroatoms. The van der Waals surface area contributed by atoms with Crippen molar-refractivity contribution in [2.75, 3.05) is 26.8 Å². The Morgan fingerprint density at radius 3 is 2.67 bits per heavy atom. The van der Waals surface area contributed by atoms with Gasteiger partial charge >= 0.3 is 0 Å². The van der Waals surface area contributed by atoms with Gasteiger partial charge < -0.3 is 10.1 Å². The lowest BCUT2D eigenvalue weighted by molar-refractivity contribution is 0.194. The predicted molar refractivity (Wildman–Crippen MR) is 64.2 cm³/mol. The second-order valence-electron chi connectivity index (χ2n) is 3.86. The predicted octanol–water partition coefficient (Wildman–Crippen LogP) is 2.42. The van der Waals surface area contributed by atoms with Crippen LogP contribution >= 0.6 is 0 Å². The molecule has 1 atom stereocenters. The average Bonchev–Trinajstić information content (AvgIpc) is 2.30. The fraction of sp³-hybridized carbons (Fsp3) is 0.538. The van der Waals surface area contributed by atoms with Gasteiger partial charge in [-0.1, -0.05) is 37.3 Å². The van der Waals surface area contributed by atoms with Crippen LogP contribution < -0.4 is 5.32 Å². The van der Waals surface area contributed by atoms with Gasteiger partial charge in [0.1, 0.15) is 0 Å². The Hall–Kier alpha value is -0.860. The normalized spacial score (nSPS) is 12.7. The van der Waals surface area contributed by atoms with Crippen LogP contribution in [0.1, 0.15) is 24.8 Å². The Labute approximate surface area is 92.6 Å². The van der Waals surface area contributed by atoms with Gasteiger partial charge in [0.2, 0.25) is 0 Å². The minimum absolute atomic E-state index is 0.578. The number of nitrogens with one attached hydrogen (secondary N) is 1. The van der Waals surface area contributed by atoms with E-state index in [4.69, 9.17) is 4.74 Å². The molecule has 0 saturated heterocycles. The number of methoxy groups -OCH3 is 1. The van der Waals surface area contributed by atoms with Gasteiger partial charge in [0, 0.05) is 20.3 Å². The van der Waals surface area contributed by atoms with E-state index in [1.54, 1.807) is 7.11 Å². The third kappa shape index (κ3) is 4.96. The molecule has 0 aliphatic rings. The quantitative estimate of drug-likeness (QED) is 0.693. The Kier molecular flexibility index (Phi) is 6.05. The van der Waals surface area contributed by atoms with E-state index in [0.29, 0.717) is 5.92 Å². The maximum atomic E-state index is 4.99. The zero-order chi connectivity index (χ0) is 10.9. The highest BCUT2D eigenvalue weighted by Crippen LogP contribution is 2.12. The highest BCUT2D eigenvalue weighted by Gasteiger charge is 2.02. The molecular weight excluding hydrogens is 186 g/mol. The number of ether oxygens (including phenoxy) is 1. The summed E-state index contributed by atoms with van der Waals surface area (Å²) in [5, 5.41) is 3.44. The minimum atomic E-state index is 0.578. The van der Waals surface area contributed by atoms with E-state index in [-0.39, 0.29) is 0 Å². The first-order valence-corrected chi connectivity index (χ1v) is 5.59. The first-order chi connectivity index (χ1) is 7.34. The summed E-state index contributed by atoms with van der Waals surface area (Å²) in [5.41, 5.74) is 1.40. The van der Waals surface area contributed by atoms with Crippen LogP contribution in [0.5, 0.6) is 0 Å². The third-order valence-corrected chi connectivity index (χ3v) is 2.52. The van der Waals surface area contributed by atoms with Crippen molar-refractivity contribution in [2.24, 2.45) is 0 Å². The van der Waals surface area contributed by atoms with E-state index in [1.165, 1.54) is 5.56 Å². The lowest BCUT2D eigenvalue weighted by atomic mass is 10.0. The molecule has 0 heterocycles. The molecule has 1 rings (SSSR count). The zero-order valence-corrected chi connectivity index (χ0v) is 9.70. The monoisotopic (exact) mass is 207 g/mol. The summed E-state index contributed by atoms with van der Waals surface area (Å²) in [6.45, 7) is 5.16. The fourth-order valence-corrected chi connectivity index (χ4v) is 1.56. The molecule has 0 spiro atoms. The highest BCUT2D eigenvalue weighted by atomic mass is 16.5. The van der Waals surface area contributed by atoms with Crippen LogP contribution in [-0.2, 0) is 4.74 Å². The molecule has 1 N–H and O–H groups in total.